The second-order valence-corrected chi connectivity index (χ2v) is 3.46. The molecule has 0 N–H and O–H groups in total. The summed E-state index contributed by atoms with van der Waals surface area (Å²) in [6.45, 7) is 1.17. The zero-order chi connectivity index (χ0) is 9.10. The molecule has 0 radical (unpaired) electrons. The van der Waals surface area contributed by atoms with E-state index in [1.807, 2.05) is 24.3 Å². The molecular weight excluding hydrogens is 188 g/mol. The third kappa shape index (κ3) is 2.21. The molecule has 3 heteroatoms. The van der Waals surface area contributed by atoms with E-state index in [0.29, 0.717) is 6.79 Å². The fourth-order valence-electron chi connectivity index (χ4n) is 1.40. The average molecular weight is 199 g/mol. The lowest BCUT2D eigenvalue weighted by atomic mass is 10.1. The molecule has 1 saturated heterocycles. The van der Waals surface area contributed by atoms with Crippen LogP contribution in [0.15, 0.2) is 24.3 Å². The Hall–Kier alpha value is -0.570. The van der Waals surface area contributed by atoms with Gasteiger partial charge in [0.1, 0.15) is 6.79 Å². The quantitative estimate of drug-likeness (QED) is 0.691. The van der Waals surface area contributed by atoms with E-state index in [-0.39, 0.29) is 6.10 Å². The van der Waals surface area contributed by atoms with Gasteiger partial charge in [0.15, 0.2) is 0 Å². The molecule has 1 aromatic rings. The first-order chi connectivity index (χ1) is 6.36. The van der Waals surface area contributed by atoms with Gasteiger partial charge in [0.05, 0.1) is 12.7 Å². The molecule has 1 aliphatic rings. The Kier molecular flexibility index (Phi) is 2.83. The lowest BCUT2D eigenvalue weighted by molar-refractivity contribution is -0.140. The van der Waals surface area contributed by atoms with Crippen molar-refractivity contribution in [2.45, 2.75) is 12.5 Å². The van der Waals surface area contributed by atoms with E-state index in [0.717, 1.165) is 18.1 Å². The minimum Gasteiger partial charge on any atom is -0.355 e. The van der Waals surface area contributed by atoms with Crippen molar-refractivity contribution in [1.82, 2.24) is 0 Å². The third-order valence-electron chi connectivity index (χ3n) is 2.12. The molecule has 0 saturated carbocycles. The van der Waals surface area contributed by atoms with E-state index < -0.39 is 0 Å². The van der Waals surface area contributed by atoms with Crippen molar-refractivity contribution in [3.63, 3.8) is 0 Å². The van der Waals surface area contributed by atoms with Crippen molar-refractivity contribution >= 4 is 11.6 Å². The van der Waals surface area contributed by atoms with Crippen LogP contribution < -0.4 is 0 Å². The number of hydrogen-bond acceptors (Lipinski definition) is 2. The van der Waals surface area contributed by atoms with Crippen LogP contribution in [0, 0.1) is 0 Å². The lowest BCUT2D eigenvalue weighted by Gasteiger charge is -2.22. The molecule has 1 atom stereocenters. The molecule has 0 spiro atoms. The standard InChI is InChI=1S/C10H11ClO2/c11-9-3-1-8(2-4-9)10-5-6-12-7-13-10/h1-4,10H,5-7H2. The Morgan fingerprint density at radius 2 is 2.00 bits per heavy atom. The molecule has 1 fully saturated rings. The van der Waals surface area contributed by atoms with Gasteiger partial charge >= 0.3 is 0 Å². The topological polar surface area (TPSA) is 18.5 Å². The van der Waals surface area contributed by atoms with Gasteiger partial charge in [-0.3, -0.25) is 0 Å². The van der Waals surface area contributed by atoms with Crippen molar-refractivity contribution in [1.29, 1.82) is 0 Å². The van der Waals surface area contributed by atoms with Gasteiger partial charge in [0.25, 0.3) is 0 Å². The van der Waals surface area contributed by atoms with E-state index in [1.165, 1.54) is 5.56 Å². The third-order valence-corrected chi connectivity index (χ3v) is 2.37. The summed E-state index contributed by atoms with van der Waals surface area (Å²) in [5.41, 5.74) is 1.17. The average Bonchev–Trinajstić information content (AvgIpc) is 2.20. The zero-order valence-corrected chi connectivity index (χ0v) is 7.96. The molecule has 0 aliphatic carbocycles. The molecule has 0 amide bonds. The molecule has 2 nitrogen and oxygen atoms in total. The predicted octanol–water partition coefficient (Wildman–Crippen LogP) is 2.78. The number of hydrogen-bond donors (Lipinski definition) is 0. The Bertz CT molecular complexity index is 265. The fraction of sp³-hybridized carbons (Fsp3) is 0.400. The Balaban J connectivity index is 2.10. The SMILES string of the molecule is Clc1ccc(C2CCOCO2)cc1. The molecule has 70 valence electrons. The van der Waals surface area contributed by atoms with Gasteiger partial charge in [-0.25, -0.2) is 0 Å². The maximum atomic E-state index is 5.79. The molecule has 1 aromatic carbocycles. The highest BCUT2D eigenvalue weighted by Crippen LogP contribution is 2.25. The monoisotopic (exact) mass is 198 g/mol. The highest BCUT2D eigenvalue weighted by Gasteiger charge is 2.15. The van der Waals surface area contributed by atoms with Crippen molar-refractivity contribution in [2.24, 2.45) is 0 Å². The summed E-state index contributed by atoms with van der Waals surface area (Å²) in [6.07, 6.45) is 1.09. The second kappa shape index (κ2) is 4.09. The van der Waals surface area contributed by atoms with Crippen LogP contribution in [0.1, 0.15) is 18.1 Å². The Morgan fingerprint density at radius 1 is 1.23 bits per heavy atom. The summed E-state index contributed by atoms with van der Waals surface area (Å²) in [6, 6.07) is 7.77. The van der Waals surface area contributed by atoms with Crippen LogP contribution >= 0.6 is 11.6 Å². The van der Waals surface area contributed by atoms with Crippen LogP contribution in [-0.4, -0.2) is 13.4 Å². The molecular formula is C10H11ClO2. The van der Waals surface area contributed by atoms with Crippen LogP contribution in [0.3, 0.4) is 0 Å². The van der Waals surface area contributed by atoms with Crippen LogP contribution in [0.25, 0.3) is 0 Å². The van der Waals surface area contributed by atoms with Crippen molar-refractivity contribution in [2.75, 3.05) is 13.4 Å². The zero-order valence-electron chi connectivity index (χ0n) is 7.20. The van der Waals surface area contributed by atoms with E-state index in [2.05, 4.69) is 0 Å². The van der Waals surface area contributed by atoms with Gasteiger partial charge in [-0.05, 0) is 17.7 Å². The largest absolute Gasteiger partial charge is 0.355 e. The van der Waals surface area contributed by atoms with Gasteiger partial charge in [-0.15, -0.1) is 0 Å². The van der Waals surface area contributed by atoms with Crippen molar-refractivity contribution in [3.05, 3.63) is 34.9 Å². The Labute approximate surface area is 82.4 Å². The predicted molar refractivity (Wildman–Crippen MR) is 50.7 cm³/mol. The summed E-state index contributed by atoms with van der Waals surface area (Å²) in [4.78, 5) is 0. The van der Waals surface area contributed by atoms with Crippen LogP contribution in [0.2, 0.25) is 5.02 Å². The van der Waals surface area contributed by atoms with Gasteiger partial charge in [0, 0.05) is 11.4 Å². The lowest BCUT2D eigenvalue weighted by Crippen LogP contribution is -2.16. The summed E-state index contributed by atoms with van der Waals surface area (Å²) in [5.74, 6) is 0. The maximum absolute atomic E-state index is 5.79. The Morgan fingerprint density at radius 3 is 2.62 bits per heavy atom. The molecule has 1 heterocycles. The van der Waals surface area contributed by atoms with E-state index in [4.69, 9.17) is 21.1 Å². The number of halogens is 1. The molecule has 1 aliphatic heterocycles. The smallest absolute Gasteiger partial charge is 0.147 e. The summed E-state index contributed by atoms with van der Waals surface area (Å²) < 4.78 is 10.5. The first kappa shape index (κ1) is 9.00. The van der Waals surface area contributed by atoms with Crippen molar-refractivity contribution < 1.29 is 9.47 Å². The molecule has 13 heavy (non-hydrogen) atoms. The van der Waals surface area contributed by atoms with Gasteiger partial charge in [-0.2, -0.15) is 0 Å². The van der Waals surface area contributed by atoms with Gasteiger partial charge in [0.2, 0.25) is 0 Å². The maximum Gasteiger partial charge on any atom is 0.147 e. The molecule has 1 unspecified atom stereocenters. The minimum absolute atomic E-state index is 0.172. The van der Waals surface area contributed by atoms with Crippen molar-refractivity contribution in [3.8, 4) is 0 Å². The highest BCUT2D eigenvalue weighted by atomic mass is 35.5. The van der Waals surface area contributed by atoms with E-state index >= 15 is 0 Å². The van der Waals surface area contributed by atoms with Gasteiger partial charge < -0.3 is 9.47 Å². The molecule has 0 aromatic heterocycles. The number of rotatable bonds is 1. The first-order valence-corrected chi connectivity index (χ1v) is 4.69. The van der Waals surface area contributed by atoms with Gasteiger partial charge in [-0.1, -0.05) is 23.7 Å². The number of benzene rings is 1. The van der Waals surface area contributed by atoms with Crippen LogP contribution in [0.4, 0.5) is 0 Å². The van der Waals surface area contributed by atoms with E-state index in [9.17, 15) is 0 Å². The fourth-order valence-corrected chi connectivity index (χ4v) is 1.53. The van der Waals surface area contributed by atoms with E-state index in [1.54, 1.807) is 0 Å². The summed E-state index contributed by atoms with van der Waals surface area (Å²) in [5, 5.41) is 0.760. The molecule has 2 rings (SSSR count). The minimum atomic E-state index is 0.172. The normalized spacial score (nSPS) is 23.0. The van der Waals surface area contributed by atoms with Crippen LogP contribution in [0.5, 0.6) is 0 Å². The summed E-state index contributed by atoms with van der Waals surface area (Å²) in [7, 11) is 0. The summed E-state index contributed by atoms with van der Waals surface area (Å²) >= 11 is 5.79. The highest BCUT2D eigenvalue weighted by molar-refractivity contribution is 6.30. The first-order valence-electron chi connectivity index (χ1n) is 4.31. The second-order valence-electron chi connectivity index (χ2n) is 3.02. The van der Waals surface area contributed by atoms with Crippen LogP contribution in [-0.2, 0) is 9.47 Å². The number of ether oxygens (including phenoxy) is 2. The molecule has 0 bridgehead atoms.